The normalized spacial score (nSPS) is 23.0. The first-order valence-corrected chi connectivity index (χ1v) is 6.38. The second-order valence-electron chi connectivity index (χ2n) is 5.87. The minimum absolute atomic E-state index is 0.00252. The minimum atomic E-state index is -0.728. The highest BCUT2D eigenvalue weighted by atomic mass is 16.5. The van der Waals surface area contributed by atoms with E-state index in [9.17, 15) is 4.79 Å². The second-order valence-corrected chi connectivity index (χ2v) is 5.87. The number of aliphatic carboxylic acids is 1. The summed E-state index contributed by atoms with van der Waals surface area (Å²) in [6.45, 7) is 10.9. The van der Waals surface area contributed by atoms with Gasteiger partial charge in [0.15, 0.2) is 0 Å². The largest absolute Gasteiger partial charge is 0.481 e. The molecule has 0 radical (unpaired) electrons. The molecule has 0 bridgehead atoms. The van der Waals surface area contributed by atoms with Gasteiger partial charge in [0.1, 0.15) is 0 Å². The van der Waals surface area contributed by atoms with Crippen LogP contribution in [-0.4, -0.2) is 47.3 Å². The molecule has 100 valence electrons. The van der Waals surface area contributed by atoms with Crippen LogP contribution in [0, 0.1) is 5.92 Å². The van der Waals surface area contributed by atoms with Crippen molar-refractivity contribution in [2.75, 3.05) is 19.8 Å². The molecule has 1 saturated heterocycles. The molecule has 1 heterocycles. The molecule has 4 heteroatoms. The number of carboxylic acid groups (broad SMARTS) is 1. The Morgan fingerprint density at radius 3 is 2.59 bits per heavy atom. The third-order valence-corrected chi connectivity index (χ3v) is 3.57. The Balaban J connectivity index is 2.64. The fourth-order valence-corrected chi connectivity index (χ4v) is 2.55. The van der Waals surface area contributed by atoms with Gasteiger partial charge in [-0.05, 0) is 40.0 Å². The lowest BCUT2D eigenvalue weighted by molar-refractivity contribution is -0.137. The lowest BCUT2D eigenvalue weighted by atomic mass is 9.93. The van der Waals surface area contributed by atoms with Crippen LogP contribution < -0.4 is 0 Å². The van der Waals surface area contributed by atoms with Crippen molar-refractivity contribution in [1.82, 2.24) is 4.90 Å². The topological polar surface area (TPSA) is 49.8 Å². The first-order valence-electron chi connectivity index (χ1n) is 6.38. The molecule has 2 unspecified atom stereocenters. The molecule has 1 N–H and O–H groups in total. The van der Waals surface area contributed by atoms with Gasteiger partial charge in [0.2, 0.25) is 0 Å². The summed E-state index contributed by atoms with van der Waals surface area (Å²) in [5.41, 5.74) is -0.00252. The molecule has 17 heavy (non-hydrogen) atoms. The maximum Gasteiger partial charge on any atom is 0.304 e. The van der Waals surface area contributed by atoms with Gasteiger partial charge in [-0.25, -0.2) is 0 Å². The predicted octanol–water partition coefficient (Wildman–Crippen LogP) is 1.99. The van der Waals surface area contributed by atoms with E-state index in [0.717, 1.165) is 19.6 Å². The van der Waals surface area contributed by atoms with Crippen LogP contribution in [0.3, 0.4) is 0 Å². The average molecular weight is 243 g/mol. The summed E-state index contributed by atoms with van der Waals surface area (Å²) in [4.78, 5) is 13.0. The summed E-state index contributed by atoms with van der Waals surface area (Å²) < 4.78 is 5.42. The summed E-state index contributed by atoms with van der Waals surface area (Å²) in [6.07, 6.45) is 1.29. The Kier molecular flexibility index (Phi) is 4.95. The molecule has 4 nitrogen and oxygen atoms in total. The van der Waals surface area contributed by atoms with E-state index < -0.39 is 5.97 Å². The van der Waals surface area contributed by atoms with Crippen LogP contribution in [-0.2, 0) is 9.53 Å². The lowest BCUT2D eigenvalue weighted by Gasteiger charge is -2.42. The van der Waals surface area contributed by atoms with Crippen molar-refractivity contribution < 1.29 is 14.6 Å². The molecule has 0 aromatic rings. The molecule has 0 aliphatic carbocycles. The number of hydrogen-bond acceptors (Lipinski definition) is 3. The summed E-state index contributed by atoms with van der Waals surface area (Å²) in [7, 11) is 0. The van der Waals surface area contributed by atoms with E-state index in [4.69, 9.17) is 9.84 Å². The van der Waals surface area contributed by atoms with E-state index in [1.165, 1.54) is 0 Å². The molecule has 0 amide bonds. The molecule has 1 rings (SSSR count). The van der Waals surface area contributed by atoms with E-state index in [0.29, 0.717) is 18.5 Å². The molecule has 0 aromatic carbocycles. The van der Waals surface area contributed by atoms with Crippen LogP contribution in [0.5, 0.6) is 0 Å². The third-order valence-electron chi connectivity index (χ3n) is 3.57. The summed E-state index contributed by atoms with van der Waals surface area (Å²) in [5, 5.41) is 8.82. The summed E-state index contributed by atoms with van der Waals surface area (Å²) in [5.74, 6) is -0.197. The van der Waals surface area contributed by atoms with Gasteiger partial charge >= 0.3 is 5.97 Å². The van der Waals surface area contributed by atoms with Crippen molar-refractivity contribution >= 4 is 5.97 Å². The van der Waals surface area contributed by atoms with Gasteiger partial charge in [0, 0.05) is 24.7 Å². The highest BCUT2D eigenvalue weighted by Gasteiger charge is 2.33. The standard InChI is InChI=1S/C13H25NO3/c1-10(11-6-8-17-9-11)14(13(2,3)4)7-5-12(15)16/h10-11H,5-9H2,1-4H3,(H,15,16). The van der Waals surface area contributed by atoms with Crippen LogP contribution in [0.4, 0.5) is 0 Å². The Morgan fingerprint density at radius 2 is 2.18 bits per heavy atom. The number of nitrogens with zero attached hydrogens (tertiary/aromatic N) is 1. The van der Waals surface area contributed by atoms with Gasteiger partial charge in [-0.1, -0.05) is 0 Å². The van der Waals surface area contributed by atoms with Crippen molar-refractivity contribution in [2.45, 2.75) is 52.1 Å². The SMILES string of the molecule is CC(C1CCOC1)N(CCC(=O)O)C(C)(C)C. The summed E-state index contributed by atoms with van der Waals surface area (Å²) >= 11 is 0. The van der Waals surface area contributed by atoms with E-state index in [-0.39, 0.29) is 12.0 Å². The fourth-order valence-electron chi connectivity index (χ4n) is 2.55. The first-order chi connectivity index (χ1) is 7.82. The smallest absolute Gasteiger partial charge is 0.304 e. The molecular formula is C13H25NO3. The molecule has 1 fully saturated rings. The Labute approximate surface area is 104 Å². The Morgan fingerprint density at radius 1 is 1.53 bits per heavy atom. The predicted molar refractivity (Wildman–Crippen MR) is 67.1 cm³/mol. The van der Waals surface area contributed by atoms with E-state index in [2.05, 4.69) is 32.6 Å². The van der Waals surface area contributed by atoms with Gasteiger partial charge in [-0.15, -0.1) is 0 Å². The molecule has 2 atom stereocenters. The van der Waals surface area contributed by atoms with Crippen molar-refractivity contribution in [3.8, 4) is 0 Å². The Hall–Kier alpha value is -0.610. The molecule has 0 saturated carbocycles. The van der Waals surface area contributed by atoms with Gasteiger partial charge < -0.3 is 9.84 Å². The molecule has 1 aliphatic heterocycles. The highest BCUT2D eigenvalue weighted by molar-refractivity contribution is 5.66. The fraction of sp³-hybridized carbons (Fsp3) is 0.923. The minimum Gasteiger partial charge on any atom is -0.481 e. The zero-order valence-corrected chi connectivity index (χ0v) is 11.4. The molecule has 0 spiro atoms. The third kappa shape index (κ3) is 4.28. The zero-order chi connectivity index (χ0) is 13.1. The average Bonchev–Trinajstić information content (AvgIpc) is 2.67. The van der Waals surface area contributed by atoms with E-state index in [1.54, 1.807) is 0 Å². The van der Waals surface area contributed by atoms with Crippen LogP contribution in [0.25, 0.3) is 0 Å². The van der Waals surface area contributed by atoms with Gasteiger partial charge in [-0.2, -0.15) is 0 Å². The van der Waals surface area contributed by atoms with Crippen molar-refractivity contribution in [3.05, 3.63) is 0 Å². The van der Waals surface area contributed by atoms with Crippen LogP contribution in [0.2, 0.25) is 0 Å². The number of carboxylic acids is 1. The Bertz CT molecular complexity index is 254. The monoisotopic (exact) mass is 243 g/mol. The molecule has 0 aromatic heterocycles. The maximum absolute atomic E-state index is 10.7. The highest BCUT2D eigenvalue weighted by Crippen LogP contribution is 2.26. The van der Waals surface area contributed by atoms with Gasteiger partial charge in [0.05, 0.1) is 13.0 Å². The maximum atomic E-state index is 10.7. The second kappa shape index (κ2) is 5.83. The van der Waals surface area contributed by atoms with Crippen molar-refractivity contribution in [1.29, 1.82) is 0 Å². The summed E-state index contributed by atoms with van der Waals surface area (Å²) in [6, 6.07) is 0.372. The van der Waals surface area contributed by atoms with Crippen molar-refractivity contribution in [2.24, 2.45) is 5.92 Å². The quantitative estimate of drug-likeness (QED) is 0.802. The number of rotatable bonds is 5. The van der Waals surface area contributed by atoms with Crippen LogP contribution in [0.1, 0.15) is 40.5 Å². The zero-order valence-electron chi connectivity index (χ0n) is 11.4. The van der Waals surface area contributed by atoms with E-state index >= 15 is 0 Å². The number of carbonyl (C=O) groups is 1. The molecule has 1 aliphatic rings. The van der Waals surface area contributed by atoms with Crippen molar-refractivity contribution in [3.63, 3.8) is 0 Å². The van der Waals surface area contributed by atoms with Crippen LogP contribution in [0.15, 0.2) is 0 Å². The molecular weight excluding hydrogens is 218 g/mol. The van der Waals surface area contributed by atoms with Crippen LogP contribution >= 0.6 is 0 Å². The van der Waals surface area contributed by atoms with Gasteiger partial charge in [-0.3, -0.25) is 9.69 Å². The lowest BCUT2D eigenvalue weighted by Crippen LogP contribution is -2.50. The number of ether oxygens (including phenoxy) is 1. The van der Waals surface area contributed by atoms with Gasteiger partial charge in [0.25, 0.3) is 0 Å². The number of hydrogen-bond donors (Lipinski definition) is 1. The van der Waals surface area contributed by atoms with E-state index in [1.807, 2.05) is 0 Å². The first kappa shape index (κ1) is 14.5.